The predicted octanol–water partition coefficient (Wildman–Crippen LogP) is 1.58. The number of hydrogen-bond acceptors (Lipinski definition) is 5. The van der Waals surface area contributed by atoms with Gasteiger partial charge in [0.25, 0.3) is 5.91 Å². The van der Waals surface area contributed by atoms with Crippen LogP contribution in [0, 0.1) is 0 Å². The van der Waals surface area contributed by atoms with Crippen molar-refractivity contribution in [3.63, 3.8) is 0 Å². The fraction of sp³-hybridized carbons (Fsp3) is 0.500. The summed E-state index contributed by atoms with van der Waals surface area (Å²) in [6.07, 6.45) is 6.38. The number of likely N-dealkylation sites (tertiary alicyclic amines) is 1. The summed E-state index contributed by atoms with van der Waals surface area (Å²) in [6.45, 7) is 5.34. The van der Waals surface area contributed by atoms with Crippen molar-refractivity contribution in [3.05, 3.63) is 36.0 Å². The molecule has 0 aromatic carbocycles. The zero-order chi connectivity index (χ0) is 16.1. The number of nitrogens with zero attached hydrogens (tertiary/aromatic N) is 5. The van der Waals surface area contributed by atoms with Crippen LogP contribution in [0.2, 0.25) is 0 Å². The molecule has 1 aliphatic heterocycles. The van der Waals surface area contributed by atoms with Crippen LogP contribution >= 0.6 is 0 Å². The molecule has 1 saturated heterocycles. The maximum atomic E-state index is 12.4. The number of aryl methyl sites for hydroxylation is 1. The number of carbonyl (C=O) groups excluding carboxylic acids is 1. The second kappa shape index (κ2) is 7.21. The van der Waals surface area contributed by atoms with E-state index in [1.165, 1.54) is 0 Å². The molecule has 3 rings (SSSR count). The van der Waals surface area contributed by atoms with Gasteiger partial charge in [-0.25, -0.2) is 4.98 Å². The van der Waals surface area contributed by atoms with E-state index in [1.54, 1.807) is 18.6 Å². The lowest BCUT2D eigenvalue weighted by molar-refractivity contribution is 0.0793. The van der Waals surface area contributed by atoms with Crippen LogP contribution < -0.4 is 5.32 Å². The number of pyridine rings is 1. The third kappa shape index (κ3) is 3.67. The zero-order valence-corrected chi connectivity index (χ0v) is 13.4. The smallest absolute Gasteiger partial charge is 0.254 e. The largest absolute Gasteiger partial charge is 0.370 e. The first kappa shape index (κ1) is 15.5. The predicted molar refractivity (Wildman–Crippen MR) is 87.3 cm³/mol. The first-order valence-electron chi connectivity index (χ1n) is 8.14. The molecule has 0 bridgehead atoms. The van der Waals surface area contributed by atoms with Gasteiger partial charge in [-0.3, -0.25) is 4.79 Å². The molecule has 1 N–H and O–H groups in total. The second-order valence-electron chi connectivity index (χ2n) is 5.64. The molecule has 1 aliphatic rings. The molecule has 1 amide bonds. The monoisotopic (exact) mass is 314 g/mol. The minimum Gasteiger partial charge on any atom is -0.370 e. The number of aromatic nitrogens is 4. The molecule has 2 aromatic heterocycles. The van der Waals surface area contributed by atoms with Gasteiger partial charge >= 0.3 is 0 Å². The minimum absolute atomic E-state index is 0.0960. The summed E-state index contributed by atoms with van der Waals surface area (Å²) in [5.41, 5.74) is 0.695. The third-order valence-electron chi connectivity index (χ3n) is 4.09. The van der Waals surface area contributed by atoms with Crippen molar-refractivity contribution >= 4 is 11.7 Å². The highest BCUT2D eigenvalue weighted by atomic mass is 16.2. The van der Waals surface area contributed by atoms with E-state index in [0.717, 1.165) is 50.5 Å². The average molecular weight is 314 g/mol. The Morgan fingerprint density at radius 3 is 2.96 bits per heavy atom. The lowest BCUT2D eigenvalue weighted by Crippen LogP contribution is -2.27. The number of rotatable bonds is 6. The Morgan fingerprint density at radius 1 is 1.35 bits per heavy atom. The maximum Gasteiger partial charge on any atom is 0.254 e. The SMILES string of the molecule is CCn1cnnc1CCNc1cc(C(=O)N2CCCC2)ccn1. The number of amides is 1. The summed E-state index contributed by atoms with van der Waals surface area (Å²) >= 11 is 0. The Morgan fingerprint density at radius 2 is 2.17 bits per heavy atom. The van der Waals surface area contributed by atoms with Gasteiger partial charge < -0.3 is 14.8 Å². The first-order chi connectivity index (χ1) is 11.3. The molecule has 23 heavy (non-hydrogen) atoms. The highest BCUT2D eigenvalue weighted by molar-refractivity contribution is 5.95. The summed E-state index contributed by atoms with van der Waals surface area (Å²) < 4.78 is 2.02. The average Bonchev–Trinajstić information content (AvgIpc) is 3.26. The zero-order valence-electron chi connectivity index (χ0n) is 13.4. The molecule has 1 fully saturated rings. The Balaban J connectivity index is 1.58. The third-order valence-corrected chi connectivity index (χ3v) is 4.09. The van der Waals surface area contributed by atoms with Gasteiger partial charge in [0.2, 0.25) is 0 Å². The van der Waals surface area contributed by atoms with E-state index in [9.17, 15) is 4.79 Å². The Hall–Kier alpha value is -2.44. The molecular formula is C16H22N6O. The highest BCUT2D eigenvalue weighted by Crippen LogP contribution is 2.14. The standard InChI is InChI=1S/C16H22N6O/c1-2-21-12-19-20-15(21)6-8-18-14-11-13(5-7-17-14)16(23)22-9-3-4-10-22/h5,7,11-12H,2-4,6,8-10H2,1H3,(H,17,18). The van der Waals surface area contributed by atoms with Gasteiger partial charge in [0.05, 0.1) is 0 Å². The normalized spacial score (nSPS) is 14.2. The van der Waals surface area contributed by atoms with Crippen LogP contribution in [0.5, 0.6) is 0 Å². The van der Waals surface area contributed by atoms with Gasteiger partial charge in [-0.1, -0.05) is 0 Å². The molecule has 0 radical (unpaired) electrons. The molecule has 7 heteroatoms. The van der Waals surface area contributed by atoms with Crippen LogP contribution in [0.4, 0.5) is 5.82 Å². The fourth-order valence-electron chi connectivity index (χ4n) is 2.80. The maximum absolute atomic E-state index is 12.4. The van der Waals surface area contributed by atoms with Crippen molar-refractivity contribution in [1.29, 1.82) is 0 Å². The van der Waals surface area contributed by atoms with Crippen molar-refractivity contribution in [2.45, 2.75) is 32.7 Å². The van der Waals surface area contributed by atoms with E-state index in [1.807, 2.05) is 15.5 Å². The number of carbonyl (C=O) groups is 1. The first-order valence-corrected chi connectivity index (χ1v) is 8.14. The summed E-state index contributed by atoms with van der Waals surface area (Å²) in [5.74, 6) is 1.76. The molecule has 0 spiro atoms. The molecule has 0 unspecified atom stereocenters. The van der Waals surface area contributed by atoms with Gasteiger partial charge in [-0.2, -0.15) is 0 Å². The lowest BCUT2D eigenvalue weighted by atomic mass is 10.2. The summed E-state index contributed by atoms with van der Waals surface area (Å²) in [4.78, 5) is 18.6. The van der Waals surface area contributed by atoms with Crippen LogP contribution in [0.3, 0.4) is 0 Å². The topological polar surface area (TPSA) is 75.9 Å². The van der Waals surface area contributed by atoms with Crippen LogP contribution in [-0.4, -0.2) is 50.2 Å². The van der Waals surface area contributed by atoms with E-state index in [2.05, 4.69) is 27.4 Å². The Bertz CT molecular complexity index is 662. The van der Waals surface area contributed by atoms with Crippen LogP contribution in [0.25, 0.3) is 0 Å². The van der Waals surface area contributed by atoms with Crippen LogP contribution in [0.15, 0.2) is 24.7 Å². The summed E-state index contributed by atoms with van der Waals surface area (Å²) in [5, 5.41) is 11.3. The van der Waals surface area contributed by atoms with Gasteiger partial charge in [-0.15, -0.1) is 10.2 Å². The molecular weight excluding hydrogens is 292 g/mol. The molecule has 122 valence electrons. The lowest BCUT2D eigenvalue weighted by Gasteiger charge is -2.15. The van der Waals surface area contributed by atoms with Crippen LogP contribution in [-0.2, 0) is 13.0 Å². The van der Waals surface area contributed by atoms with Crippen molar-refractivity contribution in [2.75, 3.05) is 25.0 Å². The van der Waals surface area contributed by atoms with Crippen molar-refractivity contribution < 1.29 is 4.79 Å². The van der Waals surface area contributed by atoms with Crippen molar-refractivity contribution in [2.24, 2.45) is 0 Å². The highest BCUT2D eigenvalue weighted by Gasteiger charge is 2.19. The van der Waals surface area contributed by atoms with E-state index in [4.69, 9.17) is 0 Å². The van der Waals surface area contributed by atoms with Crippen molar-refractivity contribution in [1.82, 2.24) is 24.6 Å². The van der Waals surface area contributed by atoms with Gasteiger partial charge in [0.1, 0.15) is 18.0 Å². The minimum atomic E-state index is 0.0960. The Labute approximate surface area is 135 Å². The molecule has 0 saturated carbocycles. The summed E-state index contributed by atoms with van der Waals surface area (Å²) in [6, 6.07) is 3.60. The summed E-state index contributed by atoms with van der Waals surface area (Å²) in [7, 11) is 0. The quantitative estimate of drug-likeness (QED) is 0.876. The molecule has 2 aromatic rings. The Kier molecular flexibility index (Phi) is 4.85. The molecule has 0 aliphatic carbocycles. The van der Waals surface area contributed by atoms with E-state index in [0.29, 0.717) is 12.1 Å². The second-order valence-corrected chi connectivity index (χ2v) is 5.64. The van der Waals surface area contributed by atoms with E-state index in [-0.39, 0.29) is 5.91 Å². The van der Waals surface area contributed by atoms with Gasteiger partial charge in [0.15, 0.2) is 0 Å². The fourth-order valence-corrected chi connectivity index (χ4v) is 2.80. The van der Waals surface area contributed by atoms with Gasteiger partial charge in [0, 0.05) is 44.4 Å². The van der Waals surface area contributed by atoms with Crippen molar-refractivity contribution in [3.8, 4) is 0 Å². The number of nitrogens with one attached hydrogen (secondary N) is 1. The van der Waals surface area contributed by atoms with Gasteiger partial charge in [-0.05, 0) is 31.9 Å². The molecule has 0 atom stereocenters. The molecule has 3 heterocycles. The van der Waals surface area contributed by atoms with Crippen LogP contribution in [0.1, 0.15) is 35.9 Å². The van der Waals surface area contributed by atoms with E-state index >= 15 is 0 Å². The number of anilines is 1. The molecule has 7 nitrogen and oxygen atoms in total. The van der Waals surface area contributed by atoms with E-state index < -0.39 is 0 Å². The number of hydrogen-bond donors (Lipinski definition) is 1.